The number of para-hydroxylation sites is 1. The molecule has 19 heavy (non-hydrogen) atoms. The predicted octanol–water partition coefficient (Wildman–Crippen LogP) is 5.12. The molecule has 1 rings (SSSR count). The highest BCUT2D eigenvalue weighted by atomic mass is 31.2. The van der Waals surface area contributed by atoms with E-state index >= 15 is 0 Å². The summed E-state index contributed by atoms with van der Waals surface area (Å²) in [6, 6.07) is 9.24. The molecule has 0 saturated carbocycles. The highest BCUT2D eigenvalue weighted by Gasteiger charge is 2.28. The first-order valence-corrected chi connectivity index (χ1v) is 8.75. The van der Waals surface area contributed by atoms with Gasteiger partial charge in [0.25, 0.3) is 0 Å². The molecule has 0 heterocycles. The average molecular weight is 284 g/mol. The van der Waals surface area contributed by atoms with Crippen LogP contribution in [0.3, 0.4) is 0 Å². The highest BCUT2D eigenvalue weighted by Crippen LogP contribution is 2.50. The van der Waals surface area contributed by atoms with Crippen molar-refractivity contribution in [3.05, 3.63) is 30.3 Å². The number of benzene rings is 1. The summed E-state index contributed by atoms with van der Waals surface area (Å²) >= 11 is 0. The fourth-order valence-electron chi connectivity index (χ4n) is 2.02. The Balaban J connectivity index is 2.66. The van der Waals surface area contributed by atoms with Gasteiger partial charge < -0.3 is 9.05 Å². The molecule has 2 atom stereocenters. The van der Waals surface area contributed by atoms with Crippen LogP contribution in [0.5, 0.6) is 5.75 Å². The average Bonchev–Trinajstić information content (AvgIpc) is 2.44. The van der Waals surface area contributed by atoms with Crippen molar-refractivity contribution < 1.29 is 13.6 Å². The summed E-state index contributed by atoms with van der Waals surface area (Å²) < 4.78 is 23.4. The highest BCUT2D eigenvalue weighted by molar-refractivity contribution is 7.54. The number of hydrogen-bond acceptors (Lipinski definition) is 3. The van der Waals surface area contributed by atoms with Gasteiger partial charge in [-0.15, -0.1) is 0 Å². The van der Waals surface area contributed by atoms with E-state index < -0.39 is 7.60 Å². The summed E-state index contributed by atoms with van der Waals surface area (Å²) in [7, 11) is -1.57. The van der Waals surface area contributed by atoms with Crippen LogP contribution in [-0.2, 0) is 9.09 Å². The molecule has 0 aliphatic heterocycles. The standard InChI is InChI=1S/C15H25O3P/c1-4-6-10-14(5-2)13-19(16,17-3)18-15-11-8-7-9-12-15/h7-9,11-12,14H,4-6,10,13H2,1-3H3. The first-order chi connectivity index (χ1) is 9.13. The van der Waals surface area contributed by atoms with Gasteiger partial charge >= 0.3 is 7.60 Å². The third-order valence-electron chi connectivity index (χ3n) is 3.29. The molecule has 0 radical (unpaired) electrons. The van der Waals surface area contributed by atoms with E-state index in [-0.39, 0.29) is 0 Å². The van der Waals surface area contributed by atoms with Crippen LogP contribution >= 0.6 is 7.60 Å². The fourth-order valence-corrected chi connectivity index (χ4v) is 3.84. The zero-order valence-electron chi connectivity index (χ0n) is 12.2. The summed E-state index contributed by atoms with van der Waals surface area (Å²) in [6.45, 7) is 4.30. The molecular weight excluding hydrogens is 259 g/mol. The molecule has 0 N–H and O–H groups in total. The number of hydrogen-bond donors (Lipinski definition) is 0. The molecular formula is C15H25O3P. The Morgan fingerprint density at radius 2 is 1.89 bits per heavy atom. The van der Waals surface area contributed by atoms with Crippen molar-refractivity contribution in [1.82, 2.24) is 0 Å². The normalized spacial score (nSPS) is 15.7. The van der Waals surface area contributed by atoms with Crippen molar-refractivity contribution in [1.29, 1.82) is 0 Å². The minimum Gasteiger partial charge on any atom is -0.424 e. The quantitative estimate of drug-likeness (QED) is 0.590. The van der Waals surface area contributed by atoms with Crippen LogP contribution in [0.15, 0.2) is 30.3 Å². The molecule has 1 aromatic carbocycles. The summed E-state index contributed by atoms with van der Waals surface area (Å²) in [5.41, 5.74) is 0. The summed E-state index contributed by atoms with van der Waals surface area (Å²) in [5.74, 6) is 1.01. The van der Waals surface area contributed by atoms with Gasteiger partial charge in [-0.3, -0.25) is 0 Å². The number of rotatable bonds is 9. The monoisotopic (exact) mass is 284 g/mol. The summed E-state index contributed by atoms with van der Waals surface area (Å²) in [6.07, 6.45) is 4.90. The van der Waals surface area contributed by atoms with Gasteiger partial charge in [0.2, 0.25) is 0 Å². The van der Waals surface area contributed by atoms with Crippen molar-refractivity contribution in [2.24, 2.45) is 5.92 Å². The molecule has 108 valence electrons. The second kappa shape index (κ2) is 8.39. The lowest BCUT2D eigenvalue weighted by molar-refractivity contribution is 0.310. The van der Waals surface area contributed by atoms with Crippen molar-refractivity contribution in [3.63, 3.8) is 0 Å². The molecule has 0 bridgehead atoms. The van der Waals surface area contributed by atoms with Crippen LogP contribution in [0.25, 0.3) is 0 Å². The van der Waals surface area contributed by atoms with Crippen molar-refractivity contribution in [2.45, 2.75) is 39.5 Å². The van der Waals surface area contributed by atoms with Gasteiger partial charge in [-0.25, -0.2) is 4.57 Å². The molecule has 0 aliphatic carbocycles. The molecule has 4 heteroatoms. The van der Waals surface area contributed by atoms with Gasteiger partial charge in [0.15, 0.2) is 0 Å². The fraction of sp³-hybridized carbons (Fsp3) is 0.600. The molecule has 1 aromatic rings. The Kier molecular flexibility index (Phi) is 7.19. The Morgan fingerprint density at radius 1 is 1.21 bits per heavy atom. The topological polar surface area (TPSA) is 35.5 Å². The van der Waals surface area contributed by atoms with E-state index in [1.165, 1.54) is 7.11 Å². The maximum atomic E-state index is 12.6. The van der Waals surface area contributed by atoms with Crippen LogP contribution in [0.2, 0.25) is 0 Å². The smallest absolute Gasteiger partial charge is 0.379 e. The third kappa shape index (κ3) is 5.80. The molecule has 0 fully saturated rings. The van der Waals surface area contributed by atoms with E-state index in [2.05, 4.69) is 13.8 Å². The van der Waals surface area contributed by atoms with Crippen molar-refractivity contribution in [3.8, 4) is 5.75 Å². The Bertz CT molecular complexity index is 392. The van der Waals surface area contributed by atoms with Crippen LogP contribution in [0, 0.1) is 5.92 Å². The van der Waals surface area contributed by atoms with Crippen LogP contribution < -0.4 is 4.52 Å². The van der Waals surface area contributed by atoms with Gasteiger partial charge in [0.05, 0.1) is 6.16 Å². The van der Waals surface area contributed by atoms with Gasteiger partial charge in [0, 0.05) is 7.11 Å². The van der Waals surface area contributed by atoms with E-state index in [4.69, 9.17) is 9.05 Å². The molecule has 0 aromatic heterocycles. The summed E-state index contributed by atoms with van der Waals surface area (Å²) in [5, 5.41) is 0. The first-order valence-electron chi connectivity index (χ1n) is 7.03. The predicted molar refractivity (Wildman–Crippen MR) is 79.9 cm³/mol. The first kappa shape index (κ1) is 16.3. The Hall–Kier alpha value is -0.790. The maximum Gasteiger partial charge on any atom is 0.379 e. The van der Waals surface area contributed by atoms with Gasteiger partial charge in [-0.2, -0.15) is 0 Å². The number of unbranched alkanes of at least 4 members (excludes halogenated alkanes) is 1. The SMILES string of the molecule is CCCCC(CC)CP(=O)(OC)Oc1ccccc1. The second-order valence-corrected chi connectivity index (χ2v) is 6.93. The van der Waals surface area contributed by atoms with Gasteiger partial charge in [-0.05, 0) is 24.5 Å². The maximum absolute atomic E-state index is 12.6. The van der Waals surface area contributed by atoms with Crippen molar-refractivity contribution >= 4 is 7.60 Å². The van der Waals surface area contributed by atoms with Crippen LogP contribution in [0.1, 0.15) is 39.5 Å². The van der Waals surface area contributed by atoms with Crippen molar-refractivity contribution in [2.75, 3.05) is 13.3 Å². The van der Waals surface area contributed by atoms with Gasteiger partial charge in [0.1, 0.15) is 5.75 Å². The van der Waals surface area contributed by atoms with E-state index in [1.54, 1.807) is 12.1 Å². The Morgan fingerprint density at radius 3 is 2.42 bits per heavy atom. The third-order valence-corrected chi connectivity index (χ3v) is 5.30. The van der Waals surface area contributed by atoms with Crippen LogP contribution in [-0.4, -0.2) is 13.3 Å². The van der Waals surface area contributed by atoms with Crippen LogP contribution in [0.4, 0.5) is 0 Å². The minimum absolute atomic E-state index is 0.398. The molecule has 0 amide bonds. The lowest BCUT2D eigenvalue weighted by Crippen LogP contribution is -2.10. The van der Waals surface area contributed by atoms with E-state index in [0.29, 0.717) is 17.8 Å². The zero-order chi connectivity index (χ0) is 14.1. The molecule has 3 nitrogen and oxygen atoms in total. The minimum atomic E-state index is -3.03. The lowest BCUT2D eigenvalue weighted by atomic mass is 10.0. The largest absolute Gasteiger partial charge is 0.424 e. The molecule has 0 spiro atoms. The molecule has 0 aliphatic rings. The summed E-state index contributed by atoms with van der Waals surface area (Å²) in [4.78, 5) is 0. The van der Waals surface area contributed by atoms with E-state index in [9.17, 15) is 4.57 Å². The lowest BCUT2D eigenvalue weighted by Gasteiger charge is -2.22. The zero-order valence-corrected chi connectivity index (χ0v) is 13.1. The van der Waals surface area contributed by atoms with E-state index in [0.717, 1.165) is 25.7 Å². The second-order valence-electron chi connectivity index (χ2n) is 4.80. The van der Waals surface area contributed by atoms with Gasteiger partial charge in [-0.1, -0.05) is 51.3 Å². The molecule has 0 saturated heterocycles. The molecule has 2 unspecified atom stereocenters. The Labute approximate surface area is 116 Å². The van der Waals surface area contributed by atoms with E-state index in [1.807, 2.05) is 18.2 Å².